The van der Waals surface area contributed by atoms with Crippen molar-refractivity contribution in [1.82, 2.24) is 14.3 Å². The first kappa shape index (κ1) is 19.4. The summed E-state index contributed by atoms with van der Waals surface area (Å²) in [7, 11) is 0. The van der Waals surface area contributed by atoms with Crippen LogP contribution in [0, 0.1) is 5.41 Å². The number of hydrogen-bond donors (Lipinski definition) is 2. The molecule has 0 unspecified atom stereocenters. The highest BCUT2D eigenvalue weighted by molar-refractivity contribution is 5.98. The number of benzene rings is 2. The Kier molecular flexibility index (Phi) is 5.34. The molecule has 28 heavy (non-hydrogen) atoms. The van der Waals surface area contributed by atoms with E-state index in [2.05, 4.69) is 5.10 Å². The predicted octanol–water partition coefficient (Wildman–Crippen LogP) is 3.31. The molecule has 1 aromatic heterocycles. The molecule has 0 aliphatic carbocycles. The third-order valence-corrected chi connectivity index (χ3v) is 4.14. The van der Waals surface area contributed by atoms with Crippen molar-refractivity contribution in [3.05, 3.63) is 70.6 Å². The summed E-state index contributed by atoms with van der Waals surface area (Å²) in [4.78, 5) is 12.7. The zero-order valence-corrected chi connectivity index (χ0v) is 14.8. The van der Waals surface area contributed by atoms with Crippen LogP contribution < -0.4 is 11.4 Å². The lowest BCUT2D eigenvalue weighted by atomic mass is 10.1. The van der Waals surface area contributed by atoms with E-state index in [4.69, 9.17) is 11.1 Å². The molecule has 3 rings (SSSR count). The number of aromatic nitrogens is 3. The minimum absolute atomic E-state index is 0.0992. The van der Waals surface area contributed by atoms with Crippen LogP contribution in [0.2, 0.25) is 0 Å². The fraction of sp³-hybridized carbons (Fsp3) is 0.211. The van der Waals surface area contributed by atoms with Crippen molar-refractivity contribution in [2.24, 2.45) is 0 Å². The van der Waals surface area contributed by atoms with E-state index >= 15 is 0 Å². The molecule has 3 aromatic rings. The summed E-state index contributed by atoms with van der Waals surface area (Å²) in [6, 6.07) is 15.1. The third kappa shape index (κ3) is 4.48. The van der Waals surface area contributed by atoms with Crippen LogP contribution >= 0.6 is 0 Å². The normalized spacial score (nSPS) is 11.5. The summed E-state index contributed by atoms with van der Waals surface area (Å²) < 4.78 is 40.1. The molecule has 0 bridgehead atoms. The number of alkyl halides is 3. The van der Waals surface area contributed by atoms with Crippen molar-refractivity contribution in [3.63, 3.8) is 0 Å². The van der Waals surface area contributed by atoms with E-state index in [0.29, 0.717) is 16.8 Å². The number of nitrogens with two attached hydrogens (primary N) is 1. The Morgan fingerprint density at radius 2 is 1.71 bits per heavy atom. The number of halogens is 3. The summed E-state index contributed by atoms with van der Waals surface area (Å²) in [5, 5.41) is 12.4. The Morgan fingerprint density at radius 3 is 2.32 bits per heavy atom. The lowest BCUT2D eigenvalue weighted by Gasteiger charge is -2.08. The predicted molar refractivity (Wildman–Crippen MR) is 100 cm³/mol. The van der Waals surface area contributed by atoms with Gasteiger partial charge in [-0.05, 0) is 17.7 Å². The van der Waals surface area contributed by atoms with Gasteiger partial charge in [-0.3, -0.25) is 4.57 Å². The standard InChI is InChI=1S/C19H18F3N5O/c20-19(21,22)10-11-26-17(14-4-2-1-3-5-14)25-27(18(26)28)12-16(24)13-6-8-15(23)9-7-13/h1-9,24H,10-12,23H2. The molecule has 146 valence electrons. The molecular weight excluding hydrogens is 371 g/mol. The van der Waals surface area contributed by atoms with E-state index in [1.807, 2.05) is 0 Å². The molecule has 0 radical (unpaired) electrons. The fourth-order valence-electron chi connectivity index (χ4n) is 2.71. The molecule has 0 spiro atoms. The highest BCUT2D eigenvalue weighted by Gasteiger charge is 2.28. The third-order valence-electron chi connectivity index (χ3n) is 4.14. The van der Waals surface area contributed by atoms with Crippen molar-refractivity contribution in [2.75, 3.05) is 5.73 Å². The highest BCUT2D eigenvalue weighted by Crippen LogP contribution is 2.22. The Bertz CT molecular complexity index is 1020. The van der Waals surface area contributed by atoms with Gasteiger partial charge >= 0.3 is 11.9 Å². The van der Waals surface area contributed by atoms with Gasteiger partial charge in [0.05, 0.1) is 18.7 Å². The molecule has 1 heterocycles. The van der Waals surface area contributed by atoms with Crippen LogP contribution in [0.15, 0.2) is 59.4 Å². The summed E-state index contributed by atoms with van der Waals surface area (Å²) in [5.74, 6) is 0.139. The molecule has 0 atom stereocenters. The van der Waals surface area contributed by atoms with Gasteiger partial charge in [-0.15, -0.1) is 5.10 Å². The first-order valence-electron chi connectivity index (χ1n) is 8.48. The van der Waals surface area contributed by atoms with Crippen LogP contribution in [0.1, 0.15) is 12.0 Å². The smallest absolute Gasteiger partial charge is 0.390 e. The Morgan fingerprint density at radius 1 is 1.07 bits per heavy atom. The first-order chi connectivity index (χ1) is 13.2. The zero-order chi connectivity index (χ0) is 20.3. The van der Waals surface area contributed by atoms with Crippen LogP contribution in [0.25, 0.3) is 11.4 Å². The van der Waals surface area contributed by atoms with Crippen LogP contribution in [0.5, 0.6) is 0 Å². The summed E-state index contributed by atoms with van der Waals surface area (Å²) in [5.41, 5.74) is 6.65. The van der Waals surface area contributed by atoms with Crippen molar-refractivity contribution < 1.29 is 13.2 Å². The van der Waals surface area contributed by atoms with E-state index in [9.17, 15) is 18.0 Å². The lowest BCUT2D eigenvalue weighted by Crippen LogP contribution is -2.29. The van der Waals surface area contributed by atoms with Crippen LogP contribution in [-0.2, 0) is 13.1 Å². The zero-order valence-electron chi connectivity index (χ0n) is 14.8. The number of rotatable bonds is 6. The molecular formula is C19H18F3N5O. The first-order valence-corrected chi connectivity index (χ1v) is 8.48. The summed E-state index contributed by atoms with van der Waals surface area (Å²) >= 11 is 0. The monoisotopic (exact) mass is 389 g/mol. The van der Waals surface area contributed by atoms with Gasteiger partial charge in [-0.2, -0.15) is 13.2 Å². The molecule has 0 amide bonds. The average Bonchev–Trinajstić information content (AvgIpc) is 2.96. The van der Waals surface area contributed by atoms with Crippen molar-refractivity contribution in [2.45, 2.75) is 25.7 Å². The summed E-state index contributed by atoms with van der Waals surface area (Å²) in [6.45, 7) is -0.705. The van der Waals surface area contributed by atoms with E-state index in [1.165, 1.54) is 0 Å². The van der Waals surface area contributed by atoms with E-state index in [1.54, 1.807) is 54.6 Å². The number of nitrogens with one attached hydrogen (secondary N) is 1. The second-order valence-electron chi connectivity index (χ2n) is 6.25. The van der Waals surface area contributed by atoms with Crippen LogP contribution in [0.3, 0.4) is 0 Å². The van der Waals surface area contributed by atoms with Crippen LogP contribution in [-0.4, -0.2) is 26.2 Å². The minimum Gasteiger partial charge on any atom is -0.399 e. The molecule has 9 heteroatoms. The molecule has 3 N–H and O–H groups in total. The van der Waals surface area contributed by atoms with Gasteiger partial charge in [0.25, 0.3) is 0 Å². The quantitative estimate of drug-likeness (QED) is 0.501. The van der Waals surface area contributed by atoms with Gasteiger partial charge in [0.15, 0.2) is 5.82 Å². The molecule has 0 aliphatic rings. The molecule has 0 fully saturated rings. The molecule has 2 aromatic carbocycles. The second-order valence-corrected chi connectivity index (χ2v) is 6.25. The highest BCUT2D eigenvalue weighted by atomic mass is 19.4. The maximum absolute atomic E-state index is 12.7. The Hall–Kier alpha value is -3.36. The lowest BCUT2D eigenvalue weighted by molar-refractivity contribution is -0.136. The molecule has 6 nitrogen and oxygen atoms in total. The molecule has 0 aliphatic heterocycles. The SMILES string of the molecule is N=C(Cn1nc(-c2ccccc2)n(CCC(F)(F)F)c1=O)c1ccc(N)cc1. The van der Waals surface area contributed by atoms with E-state index < -0.39 is 24.8 Å². The average molecular weight is 389 g/mol. The van der Waals surface area contributed by atoms with Gasteiger partial charge < -0.3 is 11.1 Å². The molecule has 0 saturated heterocycles. The van der Waals surface area contributed by atoms with Gasteiger partial charge in [0.1, 0.15) is 0 Å². The maximum Gasteiger partial charge on any atom is 0.390 e. The van der Waals surface area contributed by atoms with Crippen molar-refractivity contribution >= 4 is 11.4 Å². The number of anilines is 1. The van der Waals surface area contributed by atoms with Gasteiger partial charge in [0, 0.05) is 17.8 Å². The van der Waals surface area contributed by atoms with Gasteiger partial charge in [-0.25, -0.2) is 9.48 Å². The van der Waals surface area contributed by atoms with Crippen LogP contribution in [0.4, 0.5) is 18.9 Å². The number of nitrogens with zero attached hydrogens (tertiary/aromatic N) is 3. The summed E-state index contributed by atoms with van der Waals surface area (Å²) in [6.07, 6.45) is -5.54. The van der Waals surface area contributed by atoms with E-state index in [0.717, 1.165) is 9.25 Å². The Labute approximate surface area is 158 Å². The fourth-order valence-corrected chi connectivity index (χ4v) is 2.71. The van der Waals surface area contributed by atoms with Gasteiger partial charge in [0.2, 0.25) is 0 Å². The maximum atomic E-state index is 12.7. The molecule has 0 saturated carbocycles. The van der Waals surface area contributed by atoms with Crippen molar-refractivity contribution in [3.8, 4) is 11.4 Å². The van der Waals surface area contributed by atoms with Crippen molar-refractivity contribution in [1.29, 1.82) is 5.41 Å². The topological polar surface area (TPSA) is 89.7 Å². The number of hydrogen-bond acceptors (Lipinski definition) is 4. The minimum atomic E-state index is -4.40. The number of nitrogen functional groups attached to an aromatic ring is 1. The van der Waals surface area contributed by atoms with E-state index in [-0.39, 0.29) is 18.1 Å². The second kappa shape index (κ2) is 7.71. The van der Waals surface area contributed by atoms with Gasteiger partial charge in [-0.1, -0.05) is 42.5 Å². The Balaban J connectivity index is 1.95. The largest absolute Gasteiger partial charge is 0.399 e.